The highest BCUT2D eigenvalue weighted by Gasteiger charge is 2.27. The monoisotopic (exact) mass is 247 g/mol. The predicted molar refractivity (Wildman–Crippen MR) is 69.2 cm³/mol. The van der Waals surface area contributed by atoms with Crippen LogP contribution in [0, 0.1) is 11.3 Å². The molecule has 1 rings (SSSR count). The number of rotatable bonds is 4. The molecule has 0 aliphatic rings. The zero-order valence-corrected chi connectivity index (χ0v) is 10.8. The smallest absolute Gasteiger partial charge is 0.244 e. The number of ether oxygens (including phenoxy) is 1. The first kappa shape index (κ1) is 14.0. The molecule has 1 amide bonds. The lowest BCUT2D eigenvalue weighted by molar-refractivity contribution is -0.120. The van der Waals surface area contributed by atoms with Crippen molar-refractivity contribution in [2.45, 2.75) is 25.8 Å². The van der Waals surface area contributed by atoms with Gasteiger partial charge in [-0.05, 0) is 25.5 Å². The Kier molecular flexibility index (Phi) is 4.29. The normalized spacial score (nSPS) is 13.3. The van der Waals surface area contributed by atoms with E-state index in [1.807, 2.05) is 13.0 Å². The fraction of sp³-hybridized carbons (Fsp3) is 0.385. The maximum atomic E-state index is 12.0. The molecule has 0 heterocycles. The van der Waals surface area contributed by atoms with E-state index >= 15 is 0 Å². The van der Waals surface area contributed by atoms with Crippen molar-refractivity contribution in [3.05, 3.63) is 23.8 Å². The van der Waals surface area contributed by atoms with Gasteiger partial charge in [-0.15, -0.1) is 0 Å². The summed E-state index contributed by atoms with van der Waals surface area (Å²) >= 11 is 0. The Morgan fingerprint density at radius 3 is 2.78 bits per heavy atom. The third-order valence-corrected chi connectivity index (χ3v) is 2.86. The molecule has 18 heavy (non-hydrogen) atoms. The lowest BCUT2D eigenvalue weighted by atomic mass is 9.99. The number of carbonyl (C=O) groups is 1. The molecule has 1 unspecified atom stereocenters. The second-order valence-corrected chi connectivity index (χ2v) is 4.22. The van der Waals surface area contributed by atoms with Gasteiger partial charge in [0.1, 0.15) is 17.5 Å². The lowest BCUT2D eigenvalue weighted by Gasteiger charge is -2.22. The predicted octanol–water partition coefficient (Wildman–Crippen LogP) is 1.63. The Morgan fingerprint density at radius 1 is 1.61 bits per heavy atom. The highest BCUT2D eigenvalue weighted by molar-refractivity contribution is 5.99. The number of nitrogens with zero attached hydrogens (tertiary/aromatic N) is 1. The van der Waals surface area contributed by atoms with Crippen LogP contribution in [-0.2, 0) is 4.79 Å². The van der Waals surface area contributed by atoms with Crippen molar-refractivity contribution in [1.29, 1.82) is 5.26 Å². The molecule has 5 heteroatoms. The number of nitrogens with one attached hydrogen (secondary N) is 1. The van der Waals surface area contributed by atoms with Gasteiger partial charge in [0.25, 0.3) is 0 Å². The van der Waals surface area contributed by atoms with Gasteiger partial charge >= 0.3 is 0 Å². The van der Waals surface area contributed by atoms with Crippen LogP contribution in [0.3, 0.4) is 0 Å². The van der Waals surface area contributed by atoms with E-state index in [0.29, 0.717) is 23.4 Å². The summed E-state index contributed by atoms with van der Waals surface area (Å²) in [5.74, 6) is 0.0975. The SMILES string of the molecule is CCC(C)(N)C(=O)Nc1c(C#N)cccc1OC. The van der Waals surface area contributed by atoms with Gasteiger partial charge in [0.15, 0.2) is 0 Å². The molecule has 1 aromatic carbocycles. The summed E-state index contributed by atoms with van der Waals surface area (Å²) in [5, 5.41) is 11.7. The summed E-state index contributed by atoms with van der Waals surface area (Å²) in [6.07, 6.45) is 0.496. The van der Waals surface area contributed by atoms with E-state index in [0.717, 1.165) is 0 Å². The summed E-state index contributed by atoms with van der Waals surface area (Å²) in [5.41, 5.74) is 5.58. The molecule has 96 valence electrons. The summed E-state index contributed by atoms with van der Waals surface area (Å²) in [4.78, 5) is 12.0. The number of hydrogen-bond donors (Lipinski definition) is 2. The van der Waals surface area contributed by atoms with Crippen LogP contribution in [0.25, 0.3) is 0 Å². The molecular formula is C13H17N3O2. The molecule has 1 atom stereocenters. The molecule has 0 aliphatic carbocycles. The van der Waals surface area contributed by atoms with Crippen molar-refractivity contribution in [3.63, 3.8) is 0 Å². The maximum Gasteiger partial charge on any atom is 0.244 e. The highest BCUT2D eigenvalue weighted by Crippen LogP contribution is 2.28. The standard InChI is InChI=1S/C13H17N3O2/c1-4-13(2,15)12(17)16-11-9(8-14)6-5-7-10(11)18-3/h5-7H,4,15H2,1-3H3,(H,16,17). The third-order valence-electron chi connectivity index (χ3n) is 2.86. The number of anilines is 1. The van der Waals surface area contributed by atoms with Crippen molar-refractivity contribution in [2.24, 2.45) is 5.73 Å². The molecular weight excluding hydrogens is 230 g/mol. The number of nitrogens with two attached hydrogens (primary N) is 1. The number of amides is 1. The first-order chi connectivity index (χ1) is 8.46. The van der Waals surface area contributed by atoms with Gasteiger partial charge in [0, 0.05) is 0 Å². The van der Waals surface area contributed by atoms with E-state index in [1.165, 1.54) is 7.11 Å². The van der Waals surface area contributed by atoms with Gasteiger partial charge in [0.2, 0.25) is 5.91 Å². The van der Waals surface area contributed by atoms with E-state index in [9.17, 15) is 4.79 Å². The Hall–Kier alpha value is -2.06. The van der Waals surface area contributed by atoms with Gasteiger partial charge in [-0.1, -0.05) is 13.0 Å². The van der Waals surface area contributed by atoms with Gasteiger partial charge < -0.3 is 15.8 Å². The molecule has 0 saturated heterocycles. The molecule has 0 saturated carbocycles. The number of carbonyl (C=O) groups excluding carboxylic acids is 1. The van der Waals surface area contributed by atoms with E-state index in [1.54, 1.807) is 25.1 Å². The number of methoxy groups -OCH3 is 1. The molecule has 0 bridgehead atoms. The summed E-state index contributed by atoms with van der Waals surface area (Å²) < 4.78 is 5.13. The lowest BCUT2D eigenvalue weighted by Crippen LogP contribution is -2.47. The van der Waals surface area contributed by atoms with Crippen LogP contribution < -0.4 is 15.8 Å². The zero-order valence-electron chi connectivity index (χ0n) is 10.8. The van der Waals surface area contributed by atoms with Gasteiger partial charge in [0.05, 0.1) is 18.2 Å². The molecule has 0 spiro atoms. The van der Waals surface area contributed by atoms with Crippen LogP contribution in [-0.4, -0.2) is 18.6 Å². The quantitative estimate of drug-likeness (QED) is 0.846. The fourth-order valence-corrected chi connectivity index (χ4v) is 1.34. The van der Waals surface area contributed by atoms with Crippen LogP contribution in [0.15, 0.2) is 18.2 Å². The first-order valence-corrected chi connectivity index (χ1v) is 5.63. The van der Waals surface area contributed by atoms with E-state index in [4.69, 9.17) is 15.7 Å². The zero-order chi connectivity index (χ0) is 13.8. The Morgan fingerprint density at radius 2 is 2.28 bits per heavy atom. The minimum absolute atomic E-state index is 0.342. The van der Waals surface area contributed by atoms with Gasteiger partial charge in [-0.3, -0.25) is 4.79 Å². The maximum absolute atomic E-state index is 12.0. The van der Waals surface area contributed by atoms with E-state index < -0.39 is 5.54 Å². The third kappa shape index (κ3) is 2.79. The average Bonchev–Trinajstić information content (AvgIpc) is 2.38. The van der Waals surface area contributed by atoms with Crippen molar-refractivity contribution < 1.29 is 9.53 Å². The van der Waals surface area contributed by atoms with Crippen LogP contribution in [0.4, 0.5) is 5.69 Å². The molecule has 0 aliphatic heterocycles. The summed E-state index contributed by atoms with van der Waals surface area (Å²) in [6, 6.07) is 6.98. The van der Waals surface area contributed by atoms with Crippen LogP contribution in [0.2, 0.25) is 0 Å². The Labute approximate surface area is 107 Å². The Balaban J connectivity index is 3.11. The van der Waals surface area contributed by atoms with Gasteiger partial charge in [-0.2, -0.15) is 5.26 Å². The molecule has 0 fully saturated rings. The number of nitriles is 1. The van der Waals surface area contributed by atoms with E-state index in [2.05, 4.69) is 5.32 Å². The minimum Gasteiger partial charge on any atom is -0.495 e. The van der Waals surface area contributed by atoms with Crippen molar-refractivity contribution >= 4 is 11.6 Å². The van der Waals surface area contributed by atoms with Crippen LogP contribution in [0.1, 0.15) is 25.8 Å². The molecule has 1 aromatic rings. The van der Waals surface area contributed by atoms with Crippen LogP contribution >= 0.6 is 0 Å². The van der Waals surface area contributed by atoms with Crippen LogP contribution in [0.5, 0.6) is 5.75 Å². The molecule has 5 nitrogen and oxygen atoms in total. The largest absolute Gasteiger partial charge is 0.495 e. The van der Waals surface area contributed by atoms with Gasteiger partial charge in [-0.25, -0.2) is 0 Å². The molecule has 0 aromatic heterocycles. The number of benzene rings is 1. The van der Waals surface area contributed by atoms with Crippen molar-refractivity contribution in [3.8, 4) is 11.8 Å². The fourth-order valence-electron chi connectivity index (χ4n) is 1.34. The highest BCUT2D eigenvalue weighted by atomic mass is 16.5. The second-order valence-electron chi connectivity index (χ2n) is 4.22. The summed E-state index contributed by atoms with van der Waals surface area (Å²) in [7, 11) is 1.48. The summed E-state index contributed by atoms with van der Waals surface area (Å²) in [6.45, 7) is 3.47. The topological polar surface area (TPSA) is 88.1 Å². The average molecular weight is 247 g/mol. The Bertz CT molecular complexity index is 489. The van der Waals surface area contributed by atoms with E-state index in [-0.39, 0.29) is 5.91 Å². The number of para-hydroxylation sites is 1. The van der Waals surface area contributed by atoms with Crippen molar-refractivity contribution in [2.75, 3.05) is 12.4 Å². The second kappa shape index (κ2) is 5.52. The number of hydrogen-bond acceptors (Lipinski definition) is 4. The molecule has 0 radical (unpaired) electrons. The first-order valence-electron chi connectivity index (χ1n) is 5.63. The molecule has 3 N–H and O–H groups in total. The van der Waals surface area contributed by atoms with Crippen molar-refractivity contribution in [1.82, 2.24) is 0 Å². The minimum atomic E-state index is -0.979.